The highest BCUT2D eigenvalue weighted by Crippen LogP contribution is 2.51. The third-order valence-corrected chi connectivity index (χ3v) is 3.91. The van der Waals surface area contributed by atoms with Gasteiger partial charge in [-0.25, -0.2) is 0 Å². The van der Waals surface area contributed by atoms with Gasteiger partial charge >= 0.3 is 0 Å². The fraction of sp³-hybridized carbons (Fsp3) is 1.00. The Bertz CT molecular complexity index is 154. The topological polar surface area (TPSA) is 35.2 Å². The lowest BCUT2D eigenvalue weighted by Crippen LogP contribution is -2.53. The van der Waals surface area contributed by atoms with Gasteiger partial charge < -0.3 is 10.5 Å². The normalized spacial score (nSPS) is 46.5. The van der Waals surface area contributed by atoms with Gasteiger partial charge in [-0.15, -0.1) is 0 Å². The molecule has 0 atom stereocenters. The molecular formula is C10H19NO. The zero-order valence-electron chi connectivity index (χ0n) is 7.94. The summed E-state index contributed by atoms with van der Waals surface area (Å²) in [7, 11) is 1.81. The summed E-state index contributed by atoms with van der Waals surface area (Å²) in [5.41, 5.74) is 6.92. The molecule has 0 unspecified atom stereocenters. The van der Waals surface area contributed by atoms with Crippen LogP contribution in [0, 0.1) is 5.41 Å². The predicted molar refractivity (Wildman–Crippen MR) is 48.9 cm³/mol. The third-order valence-electron chi connectivity index (χ3n) is 3.91. The maximum absolute atomic E-state index is 6.21. The highest BCUT2D eigenvalue weighted by Gasteiger charge is 2.46. The van der Waals surface area contributed by atoms with Crippen molar-refractivity contribution in [1.29, 1.82) is 0 Å². The van der Waals surface area contributed by atoms with Gasteiger partial charge in [0.1, 0.15) is 0 Å². The zero-order chi connectivity index (χ0) is 8.66. The molecule has 0 aromatic heterocycles. The van der Waals surface area contributed by atoms with Crippen LogP contribution < -0.4 is 5.73 Å². The Morgan fingerprint density at radius 2 is 1.58 bits per heavy atom. The first-order valence-corrected chi connectivity index (χ1v) is 4.96. The molecule has 12 heavy (non-hydrogen) atoms. The summed E-state index contributed by atoms with van der Waals surface area (Å²) in [6.45, 7) is 0.948. The van der Waals surface area contributed by atoms with E-state index in [0.29, 0.717) is 5.41 Å². The van der Waals surface area contributed by atoms with Crippen LogP contribution in [0.25, 0.3) is 0 Å². The maximum atomic E-state index is 6.21. The molecule has 3 aliphatic rings. The van der Waals surface area contributed by atoms with Gasteiger partial charge in [-0.2, -0.15) is 0 Å². The van der Waals surface area contributed by atoms with Gasteiger partial charge in [0.2, 0.25) is 0 Å². The summed E-state index contributed by atoms with van der Waals surface area (Å²) in [6, 6.07) is 0. The molecule has 0 radical (unpaired) electrons. The minimum absolute atomic E-state index is 0.204. The van der Waals surface area contributed by atoms with Crippen molar-refractivity contribution < 1.29 is 4.74 Å². The Balaban J connectivity index is 2.04. The number of ether oxygens (including phenoxy) is 1. The highest BCUT2D eigenvalue weighted by atomic mass is 16.5. The summed E-state index contributed by atoms with van der Waals surface area (Å²) in [6.07, 6.45) is 7.52. The SMILES string of the molecule is COCC12CCC(N)(CC1)CC2. The van der Waals surface area contributed by atoms with Gasteiger partial charge in [0.25, 0.3) is 0 Å². The molecule has 2 N–H and O–H groups in total. The molecule has 3 aliphatic carbocycles. The van der Waals surface area contributed by atoms with E-state index in [0.717, 1.165) is 6.61 Å². The number of rotatable bonds is 2. The van der Waals surface area contributed by atoms with Crippen LogP contribution in [-0.2, 0) is 4.74 Å². The Hall–Kier alpha value is -0.0800. The van der Waals surface area contributed by atoms with E-state index in [9.17, 15) is 0 Å². The minimum Gasteiger partial charge on any atom is -0.384 e. The molecule has 0 saturated heterocycles. The summed E-state index contributed by atoms with van der Waals surface area (Å²) in [5.74, 6) is 0. The van der Waals surface area contributed by atoms with Crippen LogP contribution in [0.15, 0.2) is 0 Å². The molecular weight excluding hydrogens is 150 g/mol. The molecule has 3 saturated carbocycles. The molecule has 0 aliphatic heterocycles. The van der Waals surface area contributed by atoms with Crippen molar-refractivity contribution in [2.45, 2.75) is 44.1 Å². The summed E-state index contributed by atoms with van der Waals surface area (Å²) >= 11 is 0. The fourth-order valence-electron chi connectivity index (χ4n) is 2.82. The van der Waals surface area contributed by atoms with Gasteiger partial charge in [-0.3, -0.25) is 0 Å². The van der Waals surface area contributed by atoms with E-state index >= 15 is 0 Å². The van der Waals surface area contributed by atoms with Crippen LogP contribution in [0.3, 0.4) is 0 Å². The van der Waals surface area contributed by atoms with Gasteiger partial charge in [0.05, 0.1) is 6.61 Å². The van der Waals surface area contributed by atoms with Crippen molar-refractivity contribution in [3.8, 4) is 0 Å². The average molecular weight is 169 g/mol. The molecule has 70 valence electrons. The Labute approximate surface area is 74.5 Å². The van der Waals surface area contributed by atoms with Crippen LogP contribution >= 0.6 is 0 Å². The van der Waals surface area contributed by atoms with Gasteiger partial charge in [0.15, 0.2) is 0 Å². The summed E-state index contributed by atoms with van der Waals surface area (Å²) < 4.78 is 5.29. The molecule has 0 heterocycles. The largest absolute Gasteiger partial charge is 0.384 e. The van der Waals surface area contributed by atoms with E-state index in [-0.39, 0.29) is 5.54 Å². The van der Waals surface area contributed by atoms with Crippen molar-refractivity contribution in [2.75, 3.05) is 13.7 Å². The van der Waals surface area contributed by atoms with Crippen molar-refractivity contribution in [3.63, 3.8) is 0 Å². The standard InChI is InChI=1S/C10H19NO/c1-12-8-9-2-5-10(11,6-3-9)7-4-9/h2-8,11H2,1H3. The fourth-order valence-corrected chi connectivity index (χ4v) is 2.82. The van der Waals surface area contributed by atoms with E-state index in [4.69, 9.17) is 10.5 Å². The molecule has 3 rings (SSSR count). The van der Waals surface area contributed by atoms with Gasteiger partial charge in [-0.05, 0) is 43.9 Å². The molecule has 0 spiro atoms. The molecule has 2 heteroatoms. The number of nitrogens with two attached hydrogens (primary N) is 1. The lowest BCUT2D eigenvalue weighted by atomic mass is 9.58. The van der Waals surface area contributed by atoms with Crippen LogP contribution in [0.1, 0.15) is 38.5 Å². The summed E-state index contributed by atoms with van der Waals surface area (Å²) in [4.78, 5) is 0. The van der Waals surface area contributed by atoms with E-state index < -0.39 is 0 Å². The second-order valence-corrected chi connectivity index (χ2v) is 4.80. The zero-order valence-corrected chi connectivity index (χ0v) is 7.94. The number of hydrogen-bond donors (Lipinski definition) is 1. The van der Waals surface area contributed by atoms with E-state index in [1.807, 2.05) is 7.11 Å². The molecule has 2 nitrogen and oxygen atoms in total. The second kappa shape index (κ2) is 2.71. The lowest BCUT2D eigenvalue weighted by Gasteiger charge is -2.51. The van der Waals surface area contributed by atoms with Crippen molar-refractivity contribution in [3.05, 3.63) is 0 Å². The third kappa shape index (κ3) is 1.27. The van der Waals surface area contributed by atoms with Crippen LogP contribution in [0.5, 0.6) is 0 Å². The molecule has 0 aromatic rings. The molecule has 2 bridgehead atoms. The average Bonchev–Trinajstić information content (AvgIpc) is 2.08. The lowest BCUT2D eigenvalue weighted by molar-refractivity contribution is -0.0195. The Morgan fingerprint density at radius 3 is 2.00 bits per heavy atom. The predicted octanol–water partition coefficient (Wildman–Crippen LogP) is 1.68. The highest BCUT2D eigenvalue weighted by molar-refractivity contribution is 5.02. The van der Waals surface area contributed by atoms with Crippen LogP contribution in [-0.4, -0.2) is 19.3 Å². The molecule has 0 aromatic carbocycles. The number of methoxy groups -OCH3 is 1. The number of hydrogen-bond acceptors (Lipinski definition) is 2. The van der Waals surface area contributed by atoms with Crippen LogP contribution in [0.4, 0.5) is 0 Å². The number of fused-ring (bicyclic) bond motifs is 3. The second-order valence-electron chi connectivity index (χ2n) is 4.80. The quantitative estimate of drug-likeness (QED) is 0.682. The van der Waals surface area contributed by atoms with E-state index in [2.05, 4.69) is 0 Å². The first kappa shape index (κ1) is 8.52. The first-order valence-electron chi connectivity index (χ1n) is 4.96. The van der Waals surface area contributed by atoms with Gasteiger partial charge in [-0.1, -0.05) is 0 Å². The van der Waals surface area contributed by atoms with E-state index in [1.54, 1.807) is 0 Å². The molecule has 3 fully saturated rings. The van der Waals surface area contributed by atoms with Crippen LogP contribution in [0.2, 0.25) is 0 Å². The van der Waals surface area contributed by atoms with Crippen molar-refractivity contribution >= 4 is 0 Å². The van der Waals surface area contributed by atoms with Crippen molar-refractivity contribution in [1.82, 2.24) is 0 Å². The Kier molecular flexibility index (Phi) is 1.92. The minimum atomic E-state index is 0.204. The first-order chi connectivity index (χ1) is 5.68. The van der Waals surface area contributed by atoms with Gasteiger partial charge in [0, 0.05) is 12.6 Å². The molecule has 0 amide bonds. The summed E-state index contributed by atoms with van der Waals surface area (Å²) in [5, 5.41) is 0. The monoisotopic (exact) mass is 169 g/mol. The van der Waals surface area contributed by atoms with Crippen molar-refractivity contribution in [2.24, 2.45) is 11.1 Å². The smallest absolute Gasteiger partial charge is 0.0518 e. The Morgan fingerprint density at radius 1 is 1.08 bits per heavy atom. The van der Waals surface area contributed by atoms with E-state index in [1.165, 1.54) is 38.5 Å². The maximum Gasteiger partial charge on any atom is 0.0518 e.